The molecule has 1 aromatic heterocycles. The van der Waals surface area contributed by atoms with Crippen LogP contribution in [-0.4, -0.2) is 49.4 Å². The molecular weight excluding hydrogens is 246 g/mol. The SMILES string of the molecule is CCc1nc(N(C)CCN2CCCC2)sc1C=O. The van der Waals surface area contributed by atoms with Crippen LogP contribution in [0.25, 0.3) is 0 Å². The third-order valence-electron chi connectivity index (χ3n) is 3.44. The number of aldehydes is 1. The van der Waals surface area contributed by atoms with E-state index in [1.54, 1.807) is 0 Å². The van der Waals surface area contributed by atoms with Crippen LogP contribution in [-0.2, 0) is 6.42 Å². The van der Waals surface area contributed by atoms with E-state index in [1.807, 2.05) is 6.92 Å². The molecule has 1 aliphatic rings. The Labute approximate surface area is 113 Å². The van der Waals surface area contributed by atoms with Crippen molar-refractivity contribution in [1.29, 1.82) is 0 Å². The van der Waals surface area contributed by atoms with E-state index in [9.17, 15) is 4.79 Å². The van der Waals surface area contributed by atoms with Crippen molar-refractivity contribution in [2.24, 2.45) is 0 Å². The van der Waals surface area contributed by atoms with Crippen molar-refractivity contribution < 1.29 is 4.79 Å². The maximum absolute atomic E-state index is 10.9. The molecule has 1 saturated heterocycles. The summed E-state index contributed by atoms with van der Waals surface area (Å²) in [5, 5.41) is 0.966. The van der Waals surface area contributed by atoms with Crippen molar-refractivity contribution in [3.05, 3.63) is 10.6 Å². The van der Waals surface area contributed by atoms with E-state index in [1.165, 1.54) is 37.3 Å². The molecule has 0 bridgehead atoms. The predicted octanol–water partition coefficient (Wildman–Crippen LogP) is 2.05. The lowest BCUT2D eigenvalue weighted by atomic mass is 10.3. The molecule has 18 heavy (non-hydrogen) atoms. The second-order valence-electron chi connectivity index (χ2n) is 4.75. The van der Waals surface area contributed by atoms with Crippen molar-refractivity contribution in [1.82, 2.24) is 9.88 Å². The van der Waals surface area contributed by atoms with Crippen molar-refractivity contribution in [2.45, 2.75) is 26.2 Å². The normalized spacial score (nSPS) is 16.1. The van der Waals surface area contributed by atoms with Gasteiger partial charge in [-0.1, -0.05) is 18.3 Å². The van der Waals surface area contributed by atoms with Crippen molar-refractivity contribution >= 4 is 22.8 Å². The van der Waals surface area contributed by atoms with Gasteiger partial charge in [-0.2, -0.15) is 0 Å². The van der Waals surface area contributed by atoms with Crippen LogP contribution >= 0.6 is 11.3 Å². The summed E-state index contributed by atoms with van der Waals surface area (Å²) in [5.41, 5.74) is 0.929. The van der Waals surface area contributed by atoms with E-state index in [4.69, 9.17) is 0 Å². The van der Waals surface area contributed by atoms with Gasteiger partial charge < -0.3 is 9.80 Å². The van der Waals surface area contributed by atoms with Gasteiger partial charge in [0.05, 0.1) is 10.6 Å². The van der Waals surface area contributed by atoms with Crippen molar-refractivity contribution in [3.63, 3.8) is 0 Å². The molecule has 2 rings (SSSR count). The van der Waals surface area contributed by atoms with Crippen LogP contribution in [0.2, 0.25) is 0 Å². The maximum Gasteiger partial charge on any atom is 0.185 e. The van der Waals surface area contributed by atoms with E-state index < -0.39 is 0 Å². The minimum Gasteiger partial charge on any atom is -0.350 e. The topological polar surface area (TPSA) is 36.4 Å². The smallest absolute Gasteiger partial charge is 0.185 e. The average Bonchev–Trinajstić information content (AvgIpc) is 3.04. The fourth-order valence-electron chi connectivity index (χ4n) is 2.25. The summed E-state index contributed by atoms with van der Waals surface area (Å²) in [4.78, 5) is 20.9. The number of rotatable bonds is 6. The van der Waals surface area contributed by atoms with Crippen LogP contribution in [0.1, 0.15) is 35.1 Å². The number of carbonyl (C=O) groups excluding carboxylic acids is 1. The van der Waals surface area contributed by atoms with Crippen molar-refractivity contribution in [2.75, 3.05) is 38.1 Å². The second-order valence-corrected chi connectivity index (χ2v) is 5.76. The third-order valence-corrected chi connectivity index (χ3v) is 4.57. The Hall–Kier alpha value is -0.940. The van der Waals surface area contributed by atoms with Crippen LogP contribution in [0.4, 0.5) is 5.13 Å². The monoisotopic (exact) mass is 267 g/mol. The molecule has 0 spiro atoms. The largest absolute Gasteiger partial charge is 0.350 e. The standard InChI is InChI=1S/C13H21N3OS/c1-3-11-12(10-17)18-13(14-11)15(2)8-9-16-6-4-5-7-16/h10H,3-9H2,1-2H3. The molecule has 0 unspecified atom stereocenters. The first-order valence-corrected chi connectivity index (χ1v) is 7.44. The zero-order chi connectivity index (χ0) is 13.0. The van der Waals surface area contributed by atoms with Gasteiger partial charge in [-0.05, 0) is 32.4 Å². The summed E-state index contributed by atoms with van der Waals surface area (Å²) in [6.07, 6.45) is 4.41. The molecular formula is C13H21N3OS. The van der Waals surface area contributed by atoms with Crippen LogP contribution in [0.5, 0.6) is 0 Å². The van der Waals surface area contributed by atoms with Gasteiger partial charge in [0.15, 0.2) is 11.4 Å². The van der Waals surface area contributed by atoms with E-state index in [0.29, 0.717) is 0 Å². The van der Waals surface area contributed by atoms with Gasteiger partial charge in [-0.15, -0.1) is 0 Å². The van der Waals surface area contributed by atoms with Crippen LogP contribution in [0.3, 0.4) is 0 Å². The van der Waals surface area contributed by atoms with Gasteiger partial charge in [0.2, 0.25) is 0 Å². The molecule has 2 heterocycles. The Morgan fingerprint density at radius 3 is 2.72 bits per heavy atom. The number of anilines is 1. The molecule has 0 amide bonds. The number of nitrogens with zero attached hydrogens (tertiary/aromatic N) is 3. The highest BCUT2D eigenvalue weighted by molar-refractivity contribution is 7.17. The lowest BCUT2D eigenvalue weighted by molar-refractivity contribution is 0.112. The fourth-order valence-corrected chi connectivity index (χ4v) is 3.21. The van der Waals surface area contributed by atoms with E-state index in [2.05, 4.69) is 21.8 Å². The highest BCUT2D eigenvalue weighted by Crippen LogP contribution is 2.24. The van der Waals surface area contributed by atoms with Gasteiger partial charge in [-0.3, -0.25) is 4.79 Å². The first-order chi connectivity index (χ1) is 8.74. The lowest BCUT2D eigenvalue weighted by Crippen LogP contribution is -2.31. The lowest BCUT2D eigenvalue weighted by Gasteiger charge is -2.20. The molecule has 4 nitrogen and oxygen atoms in total. The summed E-state index contributed by atoms with van der Waals surface area (Å²) >= 11 is 1.50. The average molecular weight is 267 g/mol. The number of hydrogen-bond donors (Lipinski definition) is 0. The molecule has 100 valence electrons. The van der Waals surface area contributed by atoms with Gasteiger partial charge in [0.1, 0.15) is 0 Å². The highest BCUT2D eigenvalue weighted by Gasteiger charge is 2.15. The molecule has 1 fully saturated rings. The zero-order valence-corrected chi connectivity index (χ0v) is 12.0. The molecule has 1 aromatic rings. The highest BCUT2D eigenvalue weighted by atomic mass is 32.1. The number of thiazole rings is 1. The number of aromatic nitrogens is 1. The minimum atomic E-state index is 0.778. The first kappa shape index (κ1) is 13.5. The number of likely N-dealkylation sites (N-methyl/N-ethyl adjacent to an activating group) is 1. The Kier molecular flexibility index (Phi) is 4.72. The van der Waals surface area contributed by atoms with Gasteiger partial charge in [-0.25, -0.2) is 4.98 Å². The number of hydrogen-bond acceptors (Lipinski definition) is 5. The fraction of sp³-hybridized carbons (Fsp3) is 0.692. The van der Waals surface area contributed by atoms with Crippen molar-refractivity contribution in [3.8, 4) is 0 Å². The Morgan fingerprint density at radius 2 is 2.17 bits per heavy atom. The second kappa shape index (κ2) is 6.29. The van der Waals surface area contributed by atoms with E-state index >= 15 is 0 Å². The summed E-state index contributed by atoms with van der Waals surface area (Å²) in [6.45, 7) is 6.57. The molecule has 0 aromatic carbocycles. The zero-order valence-electron chi connectivity index (χ0n) is 11.2. The summed E-state index contributed by atoms with van der Waals surface area (Å²) < 4.78 is 0. The molecule has 1 aliphatic heterocycles. The summed E-state index contributed by atoms with van der Waals surface area (Å²) in [7, 11) is 2.06. The first-order valence-electron chi connectivity index (χ1n) is 6.63. The van der Waals surface area contributed by atoms with E-state index in [0.717, 1.165) is 41.5 Å². The van der Waals surface area contributed by atoms with Gasteiger partial charge >= 0.3 is 0 Å². The summed E-state index contributed by atoms with van der Waals surface area (Å²) in [5.74, 6) is 0. The number of carbonyl (C=O) groups is 1. The Bertz CT molecular complexity index is 399. The molecule has 0 atom stereocenters. The molecule has 5 heteroatoms. The minimum absolute atomic E-state index is 0.778. The molecule has 0 saturated carbocycles. The molecule has 0 radical (unpaired) electrons. The van der Waals surface area contributed by atoms with Gasteiger partial charge in [0, 0.05) is 20.1 Å². The number of likely N-dealkylation sites (tertiary alicyclic amines) is 1. The molecule has 0 aliphatic carbocycles. The summed E-state index contributed by atoms with van der Waals surface area (Å²) in [6, 6.07) is 0. The molecule has 0 N–H and O–H groups in total. The Balaban J connectivity index is 1.92. The van der Waals surface area contributed by atoms with Gasteiger partial charge in [0.25, 0.3) is 0 Å². The van der Waals surface area contributed by atoms with E-state index in [-0.39, 0.29) is 0 Å². The maximum atomic E-state index is 10.9. The van der Waals surface area contributed by atoms with Crippen LogP contribution in [0.15, 0.2) is 0 Å². The van der Waals surface area contributed by atoms with Crippen LogP contribution < -0.4 is 4.90 Å². The number of aryl methyl sites for hydroxylation is 1. The Morgan fingerprint density at radius 1 is 1.44 bits per heavy atom. The van der Waals surface area contributed by atoms with Crippen LogP contribution in [0, 0.1) is 0 Å². The quantitative estimate of drug-likeness (QED) is 0.739. The predicted molar refractivity (Wildman–Crippen MR) is 75.8 cm³/mol. The third kappa shape index (κ3) is 3.09.